The lowest BCUT2D eigenvalue weighted by atomic mass is 10.1. The number of ether oxygens (including phenoxy) is 2. The maximum atomic E-state index is 14.2. The number of sulfonamides is 1. The standard InChI is InChI=1S/C32H37Cl2N3O6S/c1-21-12-14-24(15-13-21)37(44(40,41)25-16-17-29(42-3)30(18-25)43-4)20-31(38)36(19-26-27(33)10-7-11-28(26)34)22(2)32(39)35-23-8-5-6-9-23/h7,10-18,22-23H,5-6,8-9,19-20H2,1-4H3,(H,35,39)/t22-/m1/s1. The Morgan fingerprint density at radius 2 is 1.57 bits per heavy atom. The van der Waals surface area contributed by atoms with Crippen LogP contribution in [0.5, 0.6) is 11.5 Å². The predicted octanol–water partition coefficient (Wildman–Crippen LogP) is 5.99. The van der Waals surface area contributed by atoms with Crippen LogP contribution in [0.1, 0.15) is 43.7 Å². The topological polar surface area (TPSA) is 105 Å². The molecule has 0 unspecified atom stereocenters. The minimum Gasteiger partial charge on any atom is -0.493 e. The van der Waals surface area contributed by atoms with Crippen LogP contribution in [0.25, 0.3) is 0 Å². The summed E-state index contributed by atoms with van der Waals surface area (Å²) in [5, 5.41) is 3.70. The fourth-order valence-corrected chi connectivity index (χ4v) is 7.12. The number of rotatable bonds is 12. The highest BCUT2D eigenvalue weighted by Crippen LogP contribution is 2.33. The molecule has 0 aromatic heterocycles. The summed E-state index contributed by atoms with van der Waals surface area (Å²) < 4.78 is 40.0. The molecule has 3 aromatic carbocycles. The van der Waals surface area contributed by atoms with Gasteiger partial charge in [-0.15, -0.1) is 0 Å². The monoisotopic (exact) mass is 661 g/mol. The molecule has 1 aliphatic carbocycles. The minimum atomic E-state index is -4.31. The van der Waals surface area contributed by atoms with E-state index >= 15 is 0 Å². The molecule has 0 radical (unpaired) electrons. The lowest BCUT2D eigenvalue weighted by molar-refractivity contribution is -0.139. The Morgan fingerprint density at radius 1 is 0.955 bits per heavy atom. The van der Waals surface area contributed by atoms with E-state index in [2.05, 4.69) is 5.32 Å². The van der Waals surface area contributed by atoms with Crippen LogP contribution in [0.4, 0.5) is 5.69 Å². The average Bonchev–Trinajstić information content (AvgIpc) is 3.52. The fraction of sp³-hybridized carbons (Fsp3) is 0.375. The van der Waals surface area contributed by atoms with E-state index in [0.717, 1.165) is 35.6 Å². The van der Waals surface area contributed by atoms with Crippen molar-refractivity contribution in [3.05, 3.63) is 81.8 Å². The zero-order chi connectivity index (χ0) is 32.0. The van der Waals surface area contributed by atoms with Crippen molar-refractivity contribution >= 4 is 50.7 Å². The highest BCUT2D eigenvalue weighted by Gasteiger charge is 2.34. The van der Waals surface area contributed by atoms with Crippen LogP contribution >= 0.6 is 23.2 Å². The second-order valence-corrected chi connectivity index (χ2v) is 13.4. The largest absolute Gasteiger partial charge is 0.493 e. The number of carbonyl (C=O) groups excluding carboxylic acids is 2. The summed E-state index contributed by atoms with van der Waals surface area (Å²) in [5.41, 5.74) is 1.64. The molecule has 9 nitrogen and oxygen atoms in total. The van der Waals surface area contributed by atoms with Gasteiger partial charge in [0.2, 0.25) is 11.8 Å². The van der Waals surface area contributed by atoms with Gasteiger partial charge in [0.05, 0.1) is 24.8 Å². The van der Waals surface area contributed by atoms with E-state index in [1.54, 1.807) is 49.4 Å². The Labute approximate surface area is 269 Å². The molecule has 4 rings (SSSR count). The number of methoxy groups -OCH3 is 2. The Kier molecular flexibility index (Phi) is 11.0. The van der Waals surface area contributed by atoms with Crippen molar-refractivity contribution in [1.29, 1.82) is 0 Å². The van der Waals surface area contributed by atoms with E-state index in [1.165, 1.54) is 37.3 Å². The number of nitrogens with one attached hydrogen (secondary N) is 1. The van der Waals surface area contributed by atoms with E-state index < -0.39 is 28.5 Å². The van der Waals surface area contributed by atoms with Gasteiger partial charge in [-0.05, 0) is 63.1 Å². The van der Waals surface area contributed by atoms with Gasteiger partial charge in [0, 0.05) is 34.3 Å². The van der Waals surface area contributed by atoms with Crippen molar-refractivity contribution in [3.63, 3.8) is 0 Å². The van der Waals surface area contributed by atoms with Crippen LogP contribution < -0.4 is 19.1 Å². The van der Waals surface area contributed by atoms with Crippen molar-refractivity contribution in [1.82, 2.24) is 10.2 Å². The number of carbonyl (C=O) groups is 2. The molecule has 1 atom stereocenters. The Bertz CT molecular complexity index is 1570. The van der Waals surface area contributed by atoms with Crippen molar-refractivity contribution in [3.8, 4) is 11.5 Å². The van der Waals surface area contributed by atoms with Gasteiger partial charge in [-0.3, -0.25) is 13.9 Å². The lowest BCUT2D eigenvalue weighted by Gasteiger charge is -2.33. The second kappa shape index (κ2) is 14.5. The van der Waals surface area contributed by atoms with Gasteiger partial charge >= 0.3 is 0 Å². The molecule has 0 spiro atoms. The first-order valence-electron chi connectivity index (χ1n) is 14.3. The first-order valence-corrected chi connectivity index (χ1v) is 16.5. The molecule has 0 aliphatic heterocycles. The number of aryl methyl sites for hydroxylation is 1. The molecule has 0 bridgehead atoms. The summed E-state index contributed by atoms with van der Waals surface area (Å²) in [6, 6.07) is 15.1. The van der Waals surface area contributed by atoms with Gasteiger partial charge in [-0.25, -0.2) is 8.42 Å². The Hall–Kier alpha value is -3.47. The van der Waals surface area contributed by atoms with Gasteiger partial charge in [0.15, 0.2) is 11.5 Å². The molecule has 1 saturated carbocycles. The summed E-state index contributed by atoms with van der Waals surface area (Å²) >= 11 is 12.9. The second-order valence-electron chi connectivity index (χ2n) is 10.8. The predicted molar refractivity (Wildman–Crippen MR) is 172 cm³/mol. The Morgan fingerprint density at radius 3 is 2.16 bits per heavy atom. The number of amides is 2. The summed E-state index contributed by atoms with van der Waals surface area (Å²) in [6.45, 7) is 2.80. The quantitative estimate of drug-likeness (QED) is 0.256. The van der Waals surface area contributed by atoms with Gasteiger partial charge < -0.3 is 19.7 Å². The lowest BCUT2D eigenvalue weighted by Crippen LogP contribution is -2.52. The summed E-state index contributed by atoms with van der Waals surface area (Å²) in [5.74, 6) is -0.372. The smallest absolute Gasteiger partial charge is 0.264 e. The van der Waals surface area contributed by atoms with Crippen LogP contribution in [0.3, 0.4) is 0 Å². The maximum Gasteiger partial charge on any atom is 0.264 e. The van der Waals surface area contributed by atoms with Crippen LogP contribution in [0.15, 0.2) is 65.6 Å². The van der Waals surface area contributed by atoms with Gasteiger partial charge in [0.25, 0.3) is 10.0 Å². The molecular formula is C32H37Cl2N3O6S. The third-order valence-corrected chi connectivity index (χ3v) is 10.3. The normalized spacial score (nSPS) is 14.1. The van der Waals surface area contributed by atoms with Crippen molar-refractivity contribution in [2.24, 2.45) is 0 Å². The molecule has 236 valence electrons. The van der Waals surface area contributed by atoms with E-state index in [1.807, 2.05) is 6.92 Å². The van der Waals surface area contributed by atoms with E-state index in [0.29, 0.717) is 21.4 Å². The van der Waals surface area contributed by atoms with Crippen molar-refractivity contribution in [2.75, 3.05) is 25.1 Å². The van der Waals surface area contributed by atoms with E-state index in [-0.39, 0.29) is 34.8 Å². The zero-order valence-electron chi connectivity index (χ0n) is 25.2. The van der Waals surface area contributed by atoms with Crippen molar-refractivity contribution in [2.45, 2.75) is 63.1 Å². The molecule has 3 aromatic rings. The summed E-state index contributed by atoms with van der Waals surface area (Å²) in [4.78, 5) is 28.9. The molecule has 0 saturated heterocycles. The third kappa shape index (κ3) is 7.60. The number of hydrogen-bond acceptors (Lipinski definition) is 6. The minimum absolute atomic E-state index is 0.0280. The first-order chi connectivity index (χ1) is 21.0. The zero-order valence-corrected chi connectivity index (χ0v) is 27.5. The van der Waals surface area contributed by atoms with Crippen LogP contribution in [-0.2, 0) is 26.2 Å². The highest BCUT2D eigenvalue weighted by molar-refractivity contribution is 7.92. The number of hydrogen-bond donors (Lipinski definition) is 1. The maximum absolute atomic E-state index is 14.2. The third-order valence-electron chi connectivity index (χ3n) is 7.80. The first kappa shape index (κ1) is 33.4. The Balaban J connectivity index is 1.74. The van der Waals surface area contributed by atoms with Gasteiger partial charge in [-0.2, -0.15) is 0 Å². The van der Waals surface area contributed by atoms with E-state index in [9.17, 15) is 18.0 Å². The van der Waals surface area contributed by atoms with Crippen LogP contribution in [0.2, 0.25) is 10.0 Å². The number of halogens is 2. The van der Waals surface area contributed by atoms with Crippen LogP contribution in [0, 0.1) is 6.92 Å². The average molecular weight is 663 g/mol. The fourth-order valence-electron chi connectivity index (χ4n) is 5.17. The van der Waals surface area contributed by atoms with Gasteiger partial charge in [-0.1, -0.05) is 59.8 Å². The number of anilines is 1. The molecular weight excluding hydrogens is 625 g/mol. The number of benzene rings is 3. The molecule has 1 fully saturated rings. The highest BCUT2D eigenvalue weighted by atomic mass is 35.5. The molecule has 1 aliphatic rings. The molecule has 44 heavy (non-hydrogen) atoms. The van der Waals surface area contributed by atoms with Crippen molar-refractivity contribution < 1.29 is 27.5 Å². The van der Waals surface area contributed by atoms with Crippen LogP contribution in [-0.4, -0.2) is 58.0 Å². The van der Waals surface area contributed by atoms with Gasteiger partial charge in [0.1, 0.15) is 12.6 Å². The molecule has 0 heterocycles. The van der Waals surface area contributed by atoms with E-state index in [4.69, 9.17) is 32.7 Å². The SMILES string of the molecule is COc1ccc(S(=O)(=O)N(CC(=O)N(Cc2c(Cl)cccc2Cl)[C@H](C)C(=O)NC2CCCC2)c2ccc(C)cc2)cc1OC. The summed E-state index contributed by atoms with van der Waals surface area (Å²) in [7, 11) is -1.45. The number of nitrogens with zero attached hydrogens (tertiary/aromatic N) is 2. The molecule has 2 amide bonds. The molecule has 12 heteroatoms. The molecule has 1 N–H and O–H groups in total. The summed E-state index contributed by atoms with van der Waals surface area (Å²) in [6.07, 6.45) is 3.79.